The van der Waals surface area contributed by atoms with E-state index in [2.05, 4.69) is 5.32 Å². The van der Waals surface area contributed by atoms with Gasteiger partial charge in [-0.1, -0.05) is 12.1 Å². The second-order valence-corrected chi connectivity index (χ2v) is 4.84. The Morgan fingerprint density at radius 2 is 2.11 bits per heavy atom. The van der Waals surface area contributed by atoms with Crippen LogP contribution in [0, 0.1) is 17.1 Å². The summed E-state index contributed by atoms with van der Waals surface area (Å²) in [5, 5.41) is 11.3. The van der Waals surface area contributed by atoms with Gasteiger partial charge in [0.15, 0.2) is 0 Å². The van der Waals surface area contributed by atoms with Crippen LogP contribution in [0.1, 0.15) is 25.0 Å². The Labute approximate surface area is 109 Å². The molecule has 0 aromatic heterocycles. The number of urea groups is 1. The normalized spacial score (nSPS) is 17.3. The number of rotatable bonds is 2. The molecule has 1 N–H and O–H groups in total. The molecule has 1 saturated heterocycles. The summed E-state index contributed by atoms with van der Waals surface area (Å²) in [4.78, 5) is 24.6. The maximum Gasteiger partial charge on any atom is 0.325 e. The van der Waals surface area contributed by atoms with Gasteiger partial charge in [-0.15, -0.1) is 0 Å². The minimum absolute atomic E-state index is 0.108. The lowest BCUT2D eigenvalue weighted by molar-refractivity contribution is -0.130. The van der Waals surface area contributed by atoms with Gasteiger partial charge in [0.05, 0.1) is 12.1 Å². The van der Waals surface area contributed by atoms with Crippen molar-refractivity contribution in [3.8, 4) is 6.07 Å². The highest BCUT2D eigenvalue weighted by Crippen LogP contribution is 2.21. The van der Waals surface area contributed by atoms with Gasteiger partial charge in [0.25, 0.3) is 5.91 Å². The van der Waals surface area contributed by atoms with Crippen LogP contribution in [0.3, 0.4) is 0 Å². The Morgan fingerprint density at radius 3 is 2.63 bits per heavy atom. The maximum absolute atomic E-state index is 13.9. The van der Waals surface area contributed by atoms with E-state index in [-0.39, 0.29) is 17.7 Å². The predicted octanol–water partition coefficient (Wildman–Crippen LogP) is 1.53. The van der Waals surface area contributed by atoms with Crippen LogP contribution < -0.4 is 5.32 Å². The lowest BCUT2D eigenvalue weighted by Gasteiger charge is -2.16. The molecule has 1 fully saturated rings. The molecule has 1 aliphatic rings. The molecule has 2 rings (SSSR count). The maximum atomic E-state index is 13.9. The number of nitrogens with one attached hydrogen (secondary N) is 1. The Bertz CT molecular complexity index is 604. The zero-order chi connectivity index (χ0) is 14.2. The number of hydrogen-bond donors (Lipinski definition) is 1. The van der Waals surface area contributed by atoms with Crippen LogP contribution in [0.2, 0.25) is 0 Å². The molecule has 19 heavy (non-hydrogen) atoms. The highest BCUT2D eigenvalue weighted by Gasteiger charge is 2.44. The first-order valence-corrected chi connectivity index (χ1v) is 5.68. The molecule has 0 bridgehead atoms. The molecule has 0 aliphatic carbocycles. The molecule has 1 aromatic rings. The van der Waals surface area contributed by atoms with Crippen LogP contribution >= 0.6 is 0 Å². The SMILES string of the molecule is CC1(C)NC(=O)N(Cc2cccc(C#N)c2F)C1=O. The van der Waals surface area contributed by atoms with Crippen LogP contribution in [0.5, 0.6) is 0 Å². The minimum Gasteiger partial charge on any atom is -0.324 e. The van der Waals surface area contributed by atoms with Gasteiger partial charge in [0.2, 0.25) is 0 Å². The largest absolute Gasteiger partial charge is 0.325 e. The smallest absolute Gasteiger partial charge is 0.324 e. The molecule has 0 radical (unpaired) electrons. The molecular formula is C13H12FN3O2. The van der Waals surface area contributed by atoms with Crippen LogP contribution in [-0.4, -0.2) is 22.4 Å². The van der Waals surface area contributed by atoms with Crippen molar-refractivity contribution < 1.29 is 14.0 Å². The van der Waals surface area contributed by atoms with Gasteiger partial charge in [-0.25, -0.2) is 9.18 Å². The van der Waals surface area contributed by atoms with Crippen molar-refractivity contribution in [1.82, 2.24) is 10.2 Å². The third-order valence-electron chi connectivity index (χ3n) is 2.97. The standard InChI is InChI=1S/C13H12FN3O2/c1-13(2)11(18)17(12(19)16-13)7-9-5-3-4-8(6-15)10(9)14/h3-5H,7H2,1-2H3,(H,16,19). The summed E-state index contributed by atoms with van der Waals surface area (Å²) in [5.41, 5.74) is -0.954. The molecule has 0 saturated carbocycles. The molecular weight excluding hydrogens is 249 g/mol. The number of carbonyl (C=O) groups excluding carboxylic acids is 2. The summed E-state index contributed by atoms with van der Waals surface area (Å²) in [7, 11) is 0. The van der Waals surface area contributed by atoms with Gasteiger partial charge in [-0.3, -0.25) is 9.69 Å². The monoisotopic (exact) mass is 261 g/mol. The lowest BCUT2D eigenvalue weighted by atomic mass is 10.1. The molecule has 1 aromatic carbocycles. The van der Waals surface area contributed by atoms with E-state index >= 15 is 0 Å². The quantitative estimate of drug-likeness (QED) is 0.820. The second-order valence-electron chi connectivity index (χ2n) is 4.84. The summed E-state index contributed by atoms with van der Waals surface area (Å²) in [6.07, 6.45) is 0. The molecule has 5 nitrogen and oxygen atoms in total. The minimum atomic E-state index is -0.986. The van der Waals surface area contributed by atoms with E-state index in [4.69, 9.17) is 5.26 Å². The Morgan fingerprint density at radius 1 is 1.42 bits per heavy atom. The number of nitrogens with zero attached hydrogens (tertiary/aromatic N) is 2. The van der Waals surface area contributed by atoms with E-state index in [0.29, 0.717) is 0 Å². The fourth-order valence-electron chi connectivity index (χ4n) is 1.92. The van der Waals surface area contributed by atoms with E-state index < -0.39 is 23.3 Å². The van der Waals surface area contributed by atoms with E-state index in [1.807, 2.05) is 0 Å². The number of nitriles is 1. The van der Waals surface area contributed by atoms with Crippen molar-refractivity contribution >= 4 is 11.9 Å². The van der Waals surface area contributed by atoms with Crippen LogP contribution in [0.4, 0.5) is 9.18 Å². The Kier molecular flexibility index (Phi) is 2.98. The van der Waals surface area contributed by atoms with Crippen molar-refractivity contribution in [3.63, 3.8) is 0 Å². The van der Waals surface area contributed by atoms with E-state index in [9.17, 15) is 14.0 Å². The molecule has 98 valence electrons. The van der Waals surface area contributed by atoms with E-state index in [0.717, 1.165) is 4.90 Å². The van der Waals surface area contributed by atoms with Gasteiger partial charge in [-0.2, -0.15) is 5.26 Å². The summed E-state index contributed by atoms with van der Waals surface area (Å²) >= 11 is 0. The van der Waals surface area contributed by atoms with Crippen LogP contribution in [0.25, 0.3) is 0 Å². The Hall–Kier alpha value is -2.42. The number of halogens is 1. The average molecular weight is 261 g/mol. The fraction of sp³-hybridized carbons (Fsp3) is 0.308. The highest BCUT2D eigenvalue weighted by molar-refractivity contribution is 6.06. The highest BCUT2D eigenvalue weighted by atomic mass is 19.1. The number of imide groups is 1. The first kappa shape index (κ1) is 13.0. The summed E-state index contributed by atoms with van der Waals surface area (Å²) in [6, 6.07) is 5.46. The zero-order valence-electron chi connectivity index (χ0n) is 10.5. The number of amides is 3. The summed E-state index contributed by atoms with van der Waals surface area (Å²) in [5.74, 6) is -1.12. The lowest BCUT2D eigenvalue weighted by Crippen LogP contribution is -2.40. The summed E-state index contributed by atoms with van der Waals surface area (Å²) in [6.45, 7) is 2.97. The molecule has 1 heterocycles. The second kappa shape index (κ2) is 4.35. The fourth-order valence-corrected chi connectivity index (χ4v) is 1.92. The topological polar surface area (TPSA) is 73.2 Å². The number of carbonyl (C=O) groups is 2. The average Bonchev–Trinajstić information content (AvgIpc) is 2.54. The first-order chi connectivity index (χ1) is 8.86. The first-order valence-electron chi connectivity index (χ1n) is 5.68. The molecule has 0 unspecified atom stereocenters. The third-order valence-corrected chi connectivity index (χ3v) is 2.97. The van der Waals surface area contributed by atoms with Gasteiger partial charge in [0, 0.05) is 5.56 Å². The van der Waals surface area contributed by atoms with Crippen molar-refractivity contribution in [2.45, 2.75) is 25.9 Å². The molecule has 6 heteroatoms. The van der Waals surface area contributed by atoms with Crippen molar-refractivity contribution in [2.24, 2.45) is 0 Å². The van der Waals surface area contributed by atoms with E-state index in [1.165, 1.54) is 18.2 Å². The van der Waals surface area contributed by atoms with Gasteiger partial charge >= 0.3 is 6.03 Å². The molecule has 1 aliphatic heterocycles. The molecule has 3 amide bonds. The van der Waals surface area contributed by atoms with Crippen molar-refractivity contribution in [1.29, 1.82) is 5.26 Å². The zero-order valence-corrected chi connectivity index (χ0v) is 10.5. The van der Waals surface area contributed by atoms with Gasteiger partial charge in [0.1, 0.15) is 17.4 Å². The van der Waals surface area contributed by atoms with Gasteiger partial charge in [-0.05, 0) is 19.9 Å². The Balaban J connectivity index is 2.31. The third kappa shape index (κ3) is 2.15. The van der Waals surface area contributed by atoms with Gasteiger partial charge < -0.3 is 5.32 Å². The van der Waals surface area contributed by atoms with E-state index in [1.54, 1.807) is 19.9 Å². The number of hydrogen-bond acceptors (Lipinski definition) is 3. The molecule has 0 atom stereocenters. The van der Waals surface area contributed by atoms with Crippen molar-refractivity contribution in [3.05, 3.63) is 35.1 Å². The summed E-state index contributed by atoms with van der Waals surface area (Å²) < 4.78 is 13.9. The van der Waals surface area contributed by atoms with Crippen molar-refractivity contribution in [2.75, 3.05) is 0 Å². The number of benzene rings is 1. The predicted molar refractivity (Wildman–Crippen MR) is 64.3 cm³/mol. The molecule has 0 spiro atoms. The van der Waals surface area contributed by atoms with Crippen LogP contribution in [-0.2, 0) is 11.3 Å². The van der Waals surface area contributed by atoms with Crippen LogP contribution in [0.15, 0.2) is 18.2 Å².